The molecule has 646 valence electrons. The Morgan fingerprint density at radius 1 is 0.479 bits per heavy atom. The maximum absolute atomic E-state index is 13.7. The minimum Gasteiger partial charge on any atom is -0.496 e. The third kappa shape index (κ3) is 29.0. The zero-order valence-corrected chi connectivity index (χ0v) is 73.4. The first-order valence-electron chi connectivity index (χ1n) is 41.0. The van der Waals surface area contributed by atoms with Crippen molar-refractivity contribution in [3.05, 3.63) is 89.9 Å². The standard InChI is InChI=1S/C33H50N4O5.C28H42N4O6.C27H40N4O6/c1-6-23(7-2)22-37-28(32-29(41-4)15-12-16-30(32)42-5)20-27(36-37)33(40)35-25(18-17-24-13-10-9-11-14-24)19-31(39)34-21-26(38)8-3;1-17(2)13-20(14-25(33)29-16-26(34)38-9)31(6)28(35)21-15-22(32(30-21)19(5)18(3)4)27-23(36-7)11-10-12-24(27)37-8;1-17(2)12-19(13-24(32)28-15-25(33)37-8)30(5)27(34)20-14-21(31(29-20)16-18(3)4)26-22(35-6)10-9-11-23(26)36-7/h12,15-16,20,23-25H,6-11,13-14,17-19,21-22H2,1-5H3,(H,34,39)(H,35,40);10-12,15,17-20H,13-14,16H2,1-9H3,(H,29,33);9-11,14,17-19H,12-13,15-16H2,1-8H3,(H,28,32)/t25-;19?,20-;19-/m000/s1. The first kappa shape index (κ1) is 97.1. The van der Waals surface area contributed by atoms with Crippen LogP contribution in [-0.2, 0) is 51.3 Å². The topological polar surface area (TPSA) is 336 Å². The molecule has 0 aliphatic heterocycles. The second-order valence-corrected chi connectivity index (χ2v) is 31.4. The number of hydrogen-bond donors (Lipinski definition) is 4. The van der Waals surface area contributed by atoms with Crippen LogP contribution in [0.5, 0.6) is 34.5 Å². The minimum absolute atomic E-state index is 0.0170. The van der Waals surface area contributed by atoms with E-state index in [0.29, 0.717) is 108 Å². The molecular weight excluding hydrogens is 1500 g/mol. The van der Waals surface area contributed by atoms with Crippen LogP contribution in [0, 0.1) is 35.5 Å². The van der Waals surface area contributed by atoms with E-state index in [1.165, 1.54) is 46.3 Å². The molecule has 117 heavy (non-hydrogen) atoms. The van der Waals surface area contributed by atoms with E-state index in [1.54, 1.807) is 96.4 Å². The summed E-state index contributed by atoms with van der Waals surface area (Å²) >= 11 is 0. The molecule has 3 aromatic heterocycles. The van der Waals surface area contributed by atoms with Crippen molar-refractivity contribution >= 4 is 53.2 Å². The number of aromatic nitrogens is 6. The Bertz CT molecular complexity index is 4120. The molecule has 0 spiro atoms. The highest BCUT2D eigenvalue weighted by molar-refractivity contribution is 5.97. The van der Waals surface area contributed by atoms with Crippen molar-refractivity contribution in [2.24, 2.45) is 35.5 Å². The number of amides is 6. The predicted octanol–water partition coefficient (Wildman–Crippen LogP) is 13.3. The molecule has 1 fully saturated rings. The minimum atomic E-state index is -0.535. The highest BCUT2D eigenvalue weighted by atomic mass is 16.5. The summed E-state index contributed by atoms with van der Waals surface area (Å²) in [5.41, 5.74) is 5.12. The maximum Gasteiger partial charge on any atom is 0.325 e. The van der Waals surface area contributed by atoms with Crippen molar-refractivity contribution in [3.8, 4) is 68.3 Å². The van der Waals surface area contributed by atoms with Gasteiger partial charge in [-0.15, -0.1) is 0 Å². The molecule has 0 radical (unpaired) electrons. The van der Waals surface area contributed by atoms with Gasteiger partial charge in [-0.3, -0.25) is 57.2 Å². The van der Waals surface area contributed by atoms with E-state index < -0.39 is 18.0 Å². The van der Waals surface area contributed by atoms with E-state index >= 15 is 0 Å². The van der Waals surface area contributed by atoms with Crippen LogP contribution >= 0.6 is 0 Å². The molecular formula is C88H132N12O17. The molecule has 1 aliphatic carbocycles. The summed E-state index contributed by atoms with van der Waals surface area (Å²) in [5.74, 6) is 2.76. The van der Waals surface area contributed by atoms with Gasteiger partial charge in [0.1, 0.15) is 47.6 Å². The maximum atomic E-state index is 13.7. The quantitative estimate of drug-likeness (QED) is 0.0258. The number of hydrogen-bond acceptors (Lipinski definition) is 20. The van der Waals surface area contributed by atoms with Gasteiger partial charge < -0.3 is 69.0 Å². The normalized spacial score (nSPS) is 13.1. The second-order valence-electron chi connectivity index (χ2n) is 31.4. The van der Waals surface area contributed by atoms with Gasteiger partial charge in [-0.05, 0) is 123 Å². The Morgan fingerprint density at radius 2 is 0.863 bits per heavy atom. The largest absolute Gasteiger partial charge is 0.496 e. The lowest BCUT2D eigenvalue weighted by Gasteiger charge is -2.28. The monoisotopic (exact) mass is 1630 g/mol. The van der Waals surface area contributed by atoms with Crippen LogP contribution in [0.15, 0.2) is 72.8 Å². The molecule has 3 heterocycles. The van der Waals surface area contributed by atoms with Crippen LogP contribution in [-0.4, -0.2) is 201 Å². The number of carbonyl (C=O) groups is 9. The molecule has 7 rings (SSSR count). The lowest BCUT2D eigenvalue weighted by molar-refractivity contribution is -0.141. The smallest absolute Gasteiger partial charge is 0.325 e. The van der Waals surface area contributed by atoms with Gasteiger partial charge in [-0.2, -0.15) is 15.3 Å². The lowest BCUT2D eigenvalue weighted by atomic mass is 9.85. The fourth-order valence-electron chi connectivity index (χ4n) is 14.1. The molecule has 3 aromatic carbocycles. The summed E-state index contributed by atoms with van der Waals surface area (Å²) in [4.78, 5) is 117. The Kier molecular flexibility index (Phi) is 40.6. The molecule has 1 aliphatic rings. The van der Waals surface area contributed by atoms with E-state index in [9.17, 15) is 43.2 Å². The Labute approximate surface area is 692 Å². The van der Waals surface area contributed by atoms with Crippen molar-refractivity contribution in [1.29, 1.82) is 0 Å². The van der Waals surface area contributed by atoms with Gasteiger partial charge in [0.05, 0.1) is 103 Å². The molecule has 4 N–H and O–H groups in total. The van der Waals surface area contributed by atoms with Crippen molar-refractivity contribution in [2.75, 3.05) is 90.6 Å². The van der Waals surface area contributed by atoms with Crippen LogP contribution in [0.2, 0.25) is 0 Å². The second kappa shape index (κ2) is 48.9. The Morgan fingerprint density at radius 3 is 1.26 bits per heavy atom. The molecule has 0 saturated heterocycles. The average molecular weight is 1630 g/mol. The number of esters is 2. The van der Waals surface area contributed by atoms with E-state index in [2.05, 4.69) is 77.4 Å². The third-order valence-electron chi connectivity index (χ3n) is 21.2. The molecule has 1 saturated carbocycles. The molecule has 1 unspecified atom stereocenters. The van der Waals surface area contributed by atoms with Gasteiger partial charge >= 0.3 is 11.9 Å². The summed E-state index contributed by atoms with van der Waals surface area (Å²) in [7, 11) is 15.5. The summed E-state index contributed by atoms with van der Waals surface area (Å²) in [6.07, 6.45) is 11.6. The molecule has 4 atom stereocenters. The highest BCUT2D eigenvalue weighted by Gasteiger charge is 2.34. The number of ether oxygens (including phenoxy) is 8. The highest BCUT2D eigenvalue weighted by Crippen LogP contribution is 2.43. The van der Waals surface area contributed by atoms with Gasteiger partial charge in [-0.25, -0.2) is 0 Å². The van der Waals surface area contributed by atoms with Crippen LogP contribution in [0.3, 0.4) is 0 Å². The van der Waals surface area contributed by atoms with Gasteiger partial charge in [-0.1, -0.05) is 139 Å². The molecule has 29 nitrogen and oxygen atoms in total. The Balaban J connectivity index is 0.000000314. The van der Waals surface area contributed by atoms with E-state index in [0.717, 1.165) is 30.5 Å². The first-order chi connectivity index (χ1) is 55.8. The zero-order chi connectivity index (χ0) is 86.8. The predicted molar refractivity (Wildman–Crippen MR) is 451 cm³/mol. The van der Waals surface area contributed by atoms with Crippen LogP contribution in [0.1, 0.15) is 217 Å². The lowest BCUT2D eigenvalue weighted by Crippen LogP contribution is -2.42. The summed E-state index contributed by atoms with van der Waals surface area (Å²) in [6, 6.07) is 20.8. The van der Waals surface area contributed by atoms with Crippen molar-refractivity contribution in [2.45, 2.75) is 217 Å². The average Bonchev–Trinajstić information content (AvgIpc) is 1.66. The molecule has 6 aromatic rings. The van der Waals surface area contributed by atoms with Gasteiger partial charge in [0, 0.05) is 71.0 Å². The van der Waals surface area contributed by atoms with Gasteiger partial charge in [0.15, 0.2) is 22.9 Å². The zero-order valence-electron chi connectivity index (χ0n) is 73.4. The molecule has 6 amide bonds. The number of benzene rings is 3. The SMILES string of the molecule is CCC(=O)CNC(=O)C[C@H](CCC1CCCCC1)NC(=O)c1cc(-c2c(OC)cccc2OC)n(CC(CC)CC)n1.COC(=O)CNC(=O)C[C@H](CC(C)C)N(C)C(=O)c1cc(-c2c(OC)cccc2OC)n(C(C)C(C)C)n1.COC(=O)CNC(=O)C[C@H](CC(C)C)N(C)C(=O)c1cc(-c2c(OC)cccc2OC)n(CC(C)C)n1. The summed E-state index contributed by atoms with van der Waals surface area (Å²) < 4.78 is 48.5. The van der Waals surface area contributed by atoms with E-state index in [-0.39, 0.29) is 139 Å². The van der Waals surface area contributed by atoms with Gasteiger partial charge in [0.25, 0.3) is 17.7 Å². The first-order valence-corrected chi connectivity index (χ1v) is 41.0. The van der Waals surface area contributed by atoms with E-state index in [4.69, 9.17) is 38.6 Å². The van der Waals surface area contributed by atoms with Crippen molar-refractivity contribution < 1.29 is 81.0 Å². The summed E-state index contributed by atoms with van der Waals surface area (Å²) in [5, 5.41) is 25.1. The fraction of sp³-hybridized carbons (Fsp3) is 0.591. The number of carbonyl (C=O) groups excluding carboxylic acids is 9. The summed E-state index contributed by atoms with van der Waals surface area (Å²) in [6.45, 7) is 25.4. The fourth-order valence-corrected chi connectivity index (χ4v) is 14.1. The number of nitrogens with one attached hydrogen (secondary N) is 4. The number of methoxy groups -OCH3 is 8. The number of rotatable bonds is 43. The van der Waals surface area contributed by atoms with E-state index in [1.807, 2.05) is 98.6 Å². The van der Waals surface area contributed by atoms with Crippen LogP contribution in [0.25, 0.3) is 33.8 Å². The van der Waals surface area contributed by atoms with Gasteiger partial charge in [0.2, 0.25) is 17.7 Å². The number of nitrogens with zero attached hydrogens (tertiary/aromatic N) is 8. The molecule has 29 heteroatoms. The van der Waals surface area contributed by atoms with Crippen molar-refractivity contribution in [1.82, 2.24) is 60.4 Å². The third-order valence-corrected chi connectivity index (χ3v) is 21.2. The number of Topliss-reactive ketones (excluding diaryl/α,β-unsaturated/α-hetero) is 1. The van der Waals surface area contributed by atoms with Crippen LogP contribution < -0.4 is 49.7 Å². The Hall–Kier alpha value is -10.5. The van der Waals surface area contributed by atoms with Crippen molar-refractivity contribution in [3.63, 3.8) is 0 Å². The van der Waals surface area contributed by atoms with Crippen LogP contribution in [0.4, 0.5) is 0 Å². The number of ketones is 1. The molecule has 0 bridgehead atoms.